The van der Waals surface area contributed by atoms with Crippen LogP contribution in [0.2, 0.25) is 0 Å². The van der Waals surface area contributed by atoms with Crippen LogP contribution in [0.15, 0.2) is 41.7 Å². The zero-order valence-electron chi connectivity index (χ0n) is 10.2. The SMILES string of the molecule is CCn1cncc1CNc1ccc(SC)cc1. The number of anilines is 1. The lowest BCUT2D eigenvalue weighted by Crippen LogP contribution is -2.05. The van der Waals surface area contributed by atoms with Crippen LogP contribution in [0.1, 0.15) is 12.6 Å². The van der Waals surface area contributed by atoms with E-state index in [1.54, 1.807) is 11.8 Å². The third kappa shape index (κ3) is 3.03. The van der Waals surface area contributed by atoms with Crippen LogP contribution in [0.5, 0.6) is 0 Å². The maximum atomic E-state index is 4.15. The van der Waals surface area contributed by atoms with Crippen molar-refractivity contribution in [2.24, 2.45) is 0 Å². The zero-order valence-corrected chi connectivity index (χ0v) is 11.0. The van der Waals surface area contributed by atoms with E-state index >= 15 is 0 Å². The smallest absolute Gasteiger partial charge is 0.0948 e. The number of rotatable bonds is 5. The van der Waals surface area contributed by atoms with Crippen LogP contribution in [0, 0.1) is 0 Å². The molecule has 0 amide bonds. The largest absolute Gasteiger partial charge is 0.379 e. The van der Waals surface area contributed by atoms with E-state index in [0.717, 1.165) is 18.8 Å². The quantitative estimate of drug-likeness (QED) is 0.823. The number of benzene rings is 1. The molecule has 1 aromatic heterocycles. The molecule has 3 nitrogen and oxygen atoms in total. The molecule has 0 aliphatic heterocycles. The molecule has 4 heteroatoms. The molecule has 0 spiro atoms. The molecule has 0 radical (unpaired) electrons. The van der Waals surface area contributed by atoms with E-state index < -0.39 is 0 Å². The van der Waals surface area contributed by atoms with Crippen molar-refractivity contribution in [1.29, 1.82) is 0 Å². The van der Waals surface area contributed by atoms with Gasteiger partial charge < -0.3 is 9.88 Å². The Morgan fingerprint density at radius 1 is 1.29 bits per heavy atom. The van der Waals surface area contributed by atoms with E-state index in [1.807, 2.05) is 12.5 Å². The standard InChI is InChI=1S/C13H17N3S/c1-3-16-10-14-8-12(16)9-15-11-4-6-13(17-2)7-5-11/h4-8,10,15H,3,9H2,1-2H3. The van der Waals surface area contributed by atoms with Gasteiger partial charge in [-0.25, -0.2) is 4.98 Å². The average molecular weight is 247 g/mol. The first-order valence-corrected chi connectivity index (χ1v) is 6.93. The molecule has 0 unspecified atom stereocenters. The second-order valence-corrected chi connectivity index (χ2v) is 4.63. The minimum absolute atomic E-state index is 0.812. The molecule has 0 saturated carbocycles. The van der Waals surface area contributed by atoms with E-state index in [-0.39, 0.29) is 0 Å². The molecule has 0 aliphatic rings. The summed E-state index contributed by atoms with van der Waals surface area (Å²) in [5, 5.41) is 3.40. The summed E-state index contributed by atoms with van der Waals surface area (Å²) in [6.07, 6.45) is 5.86. The Morgan fingerprint density at radius 2 is 2.06 bits per heavy atom. The fourth-order valence-corrected chi connectivity index (χ4v) is 2.09. The van der Waals surface area contributed by atoms with Crippen molar-refractivity contribution in [2.75, 3.05) is 11.6 Å². The maximum Gasteiger partial charge on any atom is 0.0948 e. The monoisotopic (exact) mass is 247 g/mol. The molecule has 0 bridgehead atoms. The van der Waals surface area contributed by atoms with Crippen LogP contribution < -0.4 is 5.32 Å². The van der Waals surface area contributed by atoms with Gasteiger partial charge in [0.1, 0.15) is 0 Å². The molecule has 1 aromatic carbocycles. The Labute approximate surface area is 106 Å². The summed E-state index contributed by atoms with van der Waals surface area (Å²) in [5.41, 5.74) is 2.35. The summed E-state index contributed by atoms with van der Waals surface area (Å²) in [6.45, 7) is 3.90. The van der Waals surface area contributed by atoms with Gasteiger partial charge in [0.15, 0.2) is 0 Å². The number of imidazole rings is 1. The number of hydrogen-bond donors (Lipinski definition) is 1. The number of nitrogens with one attached hydrogen (secondary N) is 1. The van der Waals surface area contributed by atoms with Gasteiger partial charge in [-0.2, -0.15) is 0 Å². The minimum Gasteiger partial charge on any atom is -0.379 e. The highest BCUT2D eigenvalue weighted by molar-refractivity contribution is 7.98. The molecule has 2 rings (SSSR count). The van der Waals surface area contributed by atoms with Gasteiger partial charge in [-0.1, -0.05) is 0 Å². The van der Waals surface area contributed by atoms with Gasteiger partial charge >= 0.3 is 0 Å². The van der Waals surface area contributed by atoms with Crippen LogP contribution in [0.4, 0.5) is 5.69 Å². The Morgan fingerprint density at radius 3 is 2.71 bits per heavy atom. The highest BCUT2D eigenvalue weighted by atomic mass is 32.2. The molecule has 90 valence electrons. The lowest BCUT2D eigenvalue weighted by Gasteiger charge is -2.08. The van der Waals surface area contributed by atoms with Gasteiger partial charge in [0.05, 0.1) is 18.6 Å². The first kappa shape index (κ1) is 12.0. The van der Waals surface area contributed by atoms with Gasteiger partial charge in [-0.05, 0) is 37.4 Å². The van der Waals surface area contributed by atoms with E-state index in [0.29, 0.717) is 0 Å². The highest BCUT2D eigenvalue weighted by Gasteiger charge is 2.00. The average Bonchev–Trinajstić information content (AvgIpc) is 2.84. The fourth-order valence-electron chi connectivity index (χ4n) is 1.68. The summed E-state index contributed by atoms with van der Waals surface area (Å²) in [6, 6.07) is 8.48. The van der Waals surface area contributed by atoms with Gasteiger partial charge in [-0.15, -0.1) is 11.8 Å². The lowest BCUT2D eigenvalue weighted by atomic mass is 10.3. The van der Waals surface area contributed by atoms with E-state index in [9.17, 15) is 0 Å². The van der Waals surface area contributed by atoms with Crippen molar-refractivity contribution in [1.82, 2.24) is 9.55 Å². The molecule has 0 atom stereocenters. The Bertz CT molecular complexity index is 462. The summed E-state index contributed by atoms with van der Waals surface area (Å²) >= 11 is 1.76. The van der Waals surface area contributed by atoms with Crippen molar-refractivity contribution < 1.29 is 0 Å². The van der Waals surface area contributed by atoms with Gasteiger partial charge in [0.2, 0.25) is 0 Å². The number of thioether (sulfide) groups is 1. The molecule has 0 fully saturated rings. The van der Waals surface area contributed by atoms with E-state index in [1.165, 1.54) is 10.6 Å². The molecule has 1 heterocycles. The molecule has 0 aliphatic carbocycles. The van der Waals surface area contributed by atoms with Crippen LogP contribution >= 0.6 is 11.8 Å². The summed E-state index contributed by atoms with van der Waals surface area (Å²) in [5.74, 6) is 0. The summed E-state index contributed by atoms with van der Waals surface area (Å²) in [7, 11) is 0. The molecular formula is C13H17N3S. The van der Waals surface area contributed by atoms with Crippen LogP contribution in [-0.2, 0) is 13.1 Å². The Hall–Kier alpha value is -1.42. The molecule has 2 aromatic rings. The van der Waals surface area contributed by atoms with Crippen molar-refractivity contribution in [3.8, 4) is 0 Å². The Kier molecular flexibility index (Phi) is 4.09. The van der Waals surface area contributed by atoms with Crippen LogP contribution in [0.25, 0.3) is 0 Å². The topological polar surface area (TPSA) is 29.9 Å². The third-order valence-electron chi connectivity index (χ3n) is 2.70. The maximum absolute atomic E-state index is 4.15. The fraction of sp³-hybridized carbons (Fsp3) is 0.308. The van der Waals surface area contributed by atoms with Crippen molar-refractivity contribution in [2.45, 2.75) is 24.9 Å². The normalized spacial score (nSPS) is 10.5. The van der Waals surface area contributed by atoms with Crippen molar-refractivity contribution >= 4 is 17.4 Å². The van der Waals surface area contributed by atoms with Gasteiger partial charge in [0.25, 0.3) is 0 Å². The predicted octanol–water partition coefficient (Wildman–Crippen LogP) is 3.24. The highest BCUT2D eigenvalue weighted by Crippen LogP contribution is 2.17. The predicted molar refractivity (Wildman–Crippen MR) is 73.5 cm³/mol. The molecule has 1 N–H and O–H groups in total. The van der Waals surface area contributed by atoms with Gasteiger partial charge in [-0.3, -0.25) is 0 Å². The summed E-state index contributed by atoms with van der Waals surface area (Å²) in [4.78, 5) is 5.44. The van der Waals surface area contributed by atoms with Crippen LogP contribution in [-0.4, -0.2) is 15.8 Å². The first-order valence-electron chi connectivity index (χ1n) is 5.70. The third-order valence-corrected chi connectivity index (χ3v) is 3.45. The summed E-state index contributed by atoms with van der Waals surface area (Å²) < 4.78 is 2.14. The second kappa shape index (κ2) is 5.77. The molecule has 0 saturated heterocycles. The van der Waals surface area contributed by atoms with E-state index in [2.05, 4.69) is 52.3 Å². The van der Waals surface area contributed by atoms with Crippen molar-refractivity contribution in [3.63, 3.8) is 0 Å². The van der Waals surface area contributed by atoms with Crippen molar-refractivity contribution in [3.05, 3.63) is 42.5 Å². The first-order chi connectivity index (χ1) is 8.33. The molecular weight excluding hydrogens is 230 g/mol. The zero-order chi connectivity index (χ0) is 12.1. The van der Waals surface area contributed by atoms with Crippen LogP contribution in [0.3, 0.4) is 0 Å². The van der Waals surface area contributed by atoms with Gasteiger partial charge in [0, 0.05) is 23.3 Å². The molecule has 17 heavy (non-hydrogen) atoms. The second-order valence-electron chi connectivity index (χ2n) is 3.75. The number of aryl methyl sites for hydroxylation is 1. The number of aromatic nitrogens is 2. The minimum atomic E-state index is 0.812. The number of hydrogen-bond acceptors (Lipinski definition) is 3. The number of nitrogens with zero attached hydrogens (tertiary/aromatic N) is 2. The Balaban J connectivity index is 1.97. The lowest BCUT2D eigenvalue weighted by molar-refractivity contribution is 0.719. The van der Waals surface area contributed by atoms with E-state index in [4.69, 9.17) is 0 Å².